The van der Waals surface area contributed by atoms with Crippen molar-refractivity contribution in [1.29, 1.82) is 0 Å². The lowest BCUT2D eigenvalue weighted by atomic mass is 9.90. The third-order valence-corrected chi connectivity index (χ3v) is 3.26. The summed E-state index contributed by atoms with van der Waals surface area (Å²) in [5, 5.41) is 0. The maximum atomic E-state index is 11.2. The summed E-state index contributed by atoms with van der Waals surface area (Å²) >= 11 is 1.84. The van der Waals surface area contributed by atoms with E-state index in [-0.39, 0.29) is 0 Å². The Balaban J connectivity index is 2.26. The van der Waals surface area contributed by atoms with Crippen LogP contribution < -0.4 is 0 Å². The second kappa shape index (κ2) is 4.18. The van der Waals surface area contributed by atoms with E-state index >= 15 is 0 Å². The van der Waals surface area contributed by atoms with Gasteiger partial charge in [0.25, 0.3) is 0 Å². The van der Waals surface area contributed by atoms with E-state index in [4.69, 9.17) is 0 Å². The highest BCUT2D eigenvalue weighted by atomic mass is 32.2. The standard InChI is InChI=1S/C12H14OS/c1-14-8-9-2-3-11-7-12(13)5-4-10(11)6-9/h2-3,6H,4-5,7-8H2,1H3. The van der Waals surface area contributed by atoms with E-state index in [0.29, 0.717) is 12.2 Å². The third kappa shape index (κ3) is 2.01. The molecule has 0 atom stereocenters. The van der Waals surface area contributed by atoms with Crippen molar-refractivity contribution >= 4 is 17.5 Å². The second-order valence-corrected chi connectivity index (χ2v) is 4.62. The van der Waals surface area contributed by atoms with E-state index in [1.54, 1.807) is 0 Å². The lowest BCUT2D eigenvalue weighted by molar-refractivity contribution is -0.118. The van der Waals surface area contributed by atoms with Gasteiger partial charge in [-0.15, -0.1) is 0 Å². The molecule has 0 fully saturated rings. The van der Waals surface area contributed by atoms with Crippen LogP contribution >= 0.6 is 11.8 Å². The fourth-order valence-corrected chi connectivity index (χ4v) is 2.43. The summed E-state index contributed by atoms with van der Waals surface area (Å²) in [6.45, 7) is 0. The largest absolute Gasteiger partial charge is 0.299 e. The third-order valence-electron chi connectivity index (χ3n) is 2.64. The number of thioether (sulfide) groups is 1. The molecule has 0 aromatic heterocycles. The van der Waals surface area contributed by atoms with E-state index in [1.807, 2.05) is 11.8 Å². The first-order chi connectivity index (χ1) is 6.79. The molecule has 0 spiro atoms. The summed E-state index contributed by atoms with van der Waals surface area (Å²) in [6, 6.07) is 6.53. The first-order valence-electron chi connectivity index (χ1n) is 4.91. The Hall–Kier alpha value is -0.760. The van der Waals surface area contributed by atoms with Gasteiger partial charge < -0.3 is 0 Å². The van der Waals surface area contributed by atoms with Crippen LogP contribution in [0.3, 0.4) is 0 Å². The van der Waals surface area contributed by atoms with Gasteiger partial charge >= 0.3 is 0 Å². The molecule has 1 aliphatic carbocycles. The smallest absolute Gasteiger partial charge is 0.137 e. The molecule has 1 nitrogen and oxygen atoms in total. The summed E-state index contributed by atoms with van der Waals surface area (Å²) in [5.41, 5.74) is 4.01. The first kappa shape index (κ1) is 9.78. The summed E-state index contributed by atoms with van der Waals surface area (Å²) in [5.74, 6) is 1.46. The zero-order valence-corrected chi connectivity index (χ0v) is 9.19. The molecule has 2 rings (SSSR count). The molecule has 1 aromatic rings. The van der Waals surface area contributed by atoms with Crippen molar-refractivity contribution in [2.75, 3.05) is 6.26 Å². The molecule has 14 heavy (non-hydrogen) atoms. The molecule has 74 valence electrons. The number of Topliss-reactive ketones (excluding diaryl/α,β-unsaturated/α-hetero) is 1. The Kier molecular flexibility index (Phi) is 2.92. The molecular weight excluding hydrogens is 192 g/mol. The van der Waals surface area contributed by atoms with Crippen LogP contribution in [-0.2, 0) is 23.4 Å². The van der Waals surface area contributed by atoms with Gasteiger partial charge in [-0.3, -0.25) is 4.79 Å². The summed E-state index contributed by atoms with van der Waals surface area (Å²) in [4.78, 5) is 11.2. The molecule has 0 bridgehead atoms. The molecule has 2 heteroatoms. The quantitative estimate of drug-likeness (QED) is 0.740. The molecule has 0 saturated carbocycles. The predicted molar refractivity (Wildman–Crippen MR) is 60.7 cm³/mol. The topological polar surface area (TPSA) is 17.1 Å². The zero-order valence-electron chi connectivity index (χ0n) is 8.38. The maximum absolute atomic E-state index is 11.2. The van der Waals surface area contributed by atoms with Crippen molar-refractivity contribution in [2.45, 2.75) is 25.0 Å². The normalized spacial score (nSPS) is 15.4. The number of carbonyl (C=O) groups is 1. The van der Waals surface area contributed by atoms with E-state index < -0.39 is 0 Å². The van der Waals surface area contributed by atoms with Gasteiger partial charge in [0.05, 0.1) is 0 Å². The molecule has 0 radical (unpaired) electrons. The van der Waals surface area contributed by atoms with E-state index in [0.717, 1.165) is 18.6 Å². The molecule has 0 heterocycles. The lowest BCUT2D eigenvalue weighted by Gasteiger charge is -2.15. The predicted octanol–water partition coefficient (Wildman–Crippen LogP) is 2.61. The minimum absolute atomic E-state index is 0.384. The molecule has 1 aromatic carbocycles. The Morgan fingerprint density at radius 2 is 2.14 bits per heavy atom. The van der Waals surface area contributed by atoms with Crippen LogP contribution in [0.15, 0.2) is 18.2 Å². The Morgan fingerprint density at radius 3 is 2.93 bits per heavy atom. The van der Waals surface area contributed by atoms with Gasteiger partial charge in [0.1, 0.15) is 5.78 Å². The van der Waals surface area contributed by atoms with Crippen LogP contribution in [-0.4, -0.2) is 12.0 Å². The van der Waals surface area contributed by atoms with E-state index in [2.05, 4.69) is 24.5 Å². The molecule has 0 aliphatic heterocycles. The molecule has 0 N–H and O–H groups in total. The van der Waals surface area contributed by atoms with Gasteiger partial charge in [-0.05, 0) is 29.4 Å². The van der Waals surface area contributed by atoms with Crippen LogP contribution in [0.4, 0.5) is 0 Å². The number of rotatable bonds is 2. The fraction of sp³-hybridized carbons (Fsp3) is 0.417. The van der Waals surface area contributed by atoms with Gasteiger partial charge in [0, 0.05) is 18.6 Å². The number of benzene rings is 1. The maximum Gasteiger partial charge on any atom is 0.137 e. The number of hydrogen-bond acceptors (Lipinski definition) is 2. The van der Waals surface area contributed by atoms with Crippen molar-refractivity contribution in [2.24, 2.45) is 0 Å². The number of hydrogen-bond donors (Lipinski definition) is 0. The van der Waals surface area contributed by atoms with Gasteiger partial charge in [0.2, 0.25) is 0 Å². The van der Waals surface area contributed by atoms with Crippen LogP contribution in [0, 0.1) is 0 Å². The van der Waals surface area contributed by atoms with Crippen LogP contribution in [0.1, 0.15) is 23.1 Å². The van der Waals surface area contributed by atoms with Gasteiger partial charge in [0.15, 0.2) is 0 Å². The Morgan fingerprint density at radius 1 is 1.29 bits per heavy atom. The van der Waals surface area contributed by atoms with Crippen molar-refractivity contribution in [3.8, 4) is 0 Å². The average Bonchev–Trinajstić information content (AvgIpc) is 2.19. The minimum Gasteiger partial charge on any atom is -0.299 e. The minimum atomic E-state index is 0.384. The number of aryl methyl sites for hydroxylation is 1. The van der Waals surface area contributed by atoms with Gasteiger partial charge in [-0.1, -0.05) is 18.2 Å². The van der Waals surface area contributed by atoms with Crippen LogP contribution in [0.2, 0.25) is 0 Å². The Bertz CT molecular complexity index is 357. The van der Waals surface area contributed by atoms with Crippen molar-refractivity contribution < 1.29 is 4.79 Å². The highest BCUT2D eigenvalue weighted by Crippen LogP contribution is 2.22. The molecule has 0 saturated heterocycles. The molecule has 0 unspecified atom stereocenters. The van der Waals surface area contributed by atoms with Crippen molar-refractivity contribution in [3.05, 3.63) is 34.9 Å². The highest BCUT2D eigenvalue weighted by molar-refractivity contribution is 7.97. The first-order valence-corrected chi connectivity index (χ1v) is 6.30. The molecule has 0 amide bonds. The van der Waals surface area contributed by atoms with Gasteiger partial charge in [-0.25, -0.2) is 0 Å². The number of fused-ring (bicyclic) bond motifs is 1. The Labute approximate surface area is 88.9 Å². The molecule has 1 aliphatic rings. The second-order valence-electron chi connectivity index (χ2n) is 3.75. The fourth-order valence-electron chi connectivity index (χ4n) is 1.92. The summed E-state index contributed by atoms with van der Waals surface area (Å²) in [7, 11) is 0. The SMILES string of the molecule is CSCc1ccc2c(c1)CCC(=O)C2. The number of carbonyl (C=O) groups excluding carboxylic acids is 1. The van der Waals surface area contributed by atoms with E-state index in [9.17, 15) is 4.79 Å². The zero-order chi connectivity index (χ0) is 9.97. The van der Waals surface area contributed by atoms with Crippen molar-refractivity contribution in [3.63, 3.8) is 0 Å². The summed E-state index contributed by atoms with van der Waals surface area (Å²) < 4.78 is 0. The monoisotopic (exact) mass is 206 g/mol. The summed E-state index contributed by atoms with van der Waals surface area (Å²) in [6.07, 6.45) is 4.43. The molecular formula is C12H14OS. The lowest BCUT2D eigenvalue weighted by Crippen LogP contribution is -2.13. The average molecular weight is 206 g/mol. The van der Waals surface area contributed by atoms with Crippen LogP contribution in [0.5, 0.6) is 0 Å². The van der Waals surface area contributed by atoms with E-state index in [1.165, 1.54) is 16.7 Å². The van der Waals surface area contributed by atoms with Gasteiger partial charge in [-0.2, -0.15) is 11.8 Å². The van der Waals surface area contributed by atoms with Crippen LogP contribution in [0.25, 0.3) is 0 Å². The number of ketones is 1. The highest BCUT2D eigenvalue weighted by Gasteiger charge is 2.15. The van der Waals surface area contributed by atoms with Crippen molar-refractivity contribution in [1.82, 2.24) is 0 Å².